The Morgan fingerprint density at radius 2 is 1.92 bits per heavy atom. The van der Waals surface area contributed by atoms with E-state index in [1.54, 1.807) is 11.3 Å². The van der Waals surface area contributed by atoms with Crippen molar-refractivity contribution in [1.82, 2.24) is 10.3 Å². The van der Waals surface area contributed by atoms with Crippen LogP contribution in [-0.4, -0.2) is 24.0 Å². The zero-order valence-electron chi connectivity index (χ0n) is 14.3. The van der Waals surface area contributed by atoms with Crippen molar-refractivity contribution in [2.24, 2.45) is 0 Å². The van der Waals surface area contributed by atoms with Gasteiger partial charge in [0.2, 0.25) is 5.91 Å². The number of amides is 1. The second-order valence-electron chi connectivity index (χ2n) is 5.89. The number of benzene rings is 2. The van der Waals surface area contributed by atoms with E-state index in [2.05, 4.69) is 29.4 Å². The van der Waals surface area contributed by atoms with Crippen LogP contribution >= 0.6 is 11.3 Å². The minimum absolute atomic E-state index is 0.0567. The number of carbonyl (C=O) groups is 1. The third-order valence-electron chi connectivity index (χ3n) is 4.11. The predicted molar refractivity (Wildman–Crippen MR) is 102 cm³/mol. The molecular formula is C20H22N2O2S. The summed E-state index contributed by atoms with van der Waals surface area (Å²) in [7, 11) is 0. The van der Waals surface area contributed by atoms with Crippen LogP contribution in [0.1, 0.15) is 29.8 Å². The fourth-order valence-electron chi connectivity index (χ4n) is 2.72. The van der Waals surface area contributed by atoms with Gasteiger partial charge in [-0.2, -0.15) is 0 Å². The predicted octanol–water partition coefficient (Wildman–Crippen LogP) is 4.12. The SMILES string of the molecule is CCC(CNC(=O)COCc1nc2ccccc2s1)c1ccccc1. The van der Waals surface area contributed by atoms with E-state index >= 15 is 0 Å². The Morgan fingerprint density at radius 3 is 2.68 bits per heavy atom. The van der Waals surface area contributed by atoms with Gasteiger partial charge in [0.05, 0.1) is 16.8 Å². The first-order valence-electron chi connectivity index (χ1n) is 8.50. The molecule has 1 amide bonds. The molecule has 0 saturated heterocycles. The molecule has 1 unspecified atom stereocenters. The third-order valence-corrected chi connectivity index (χ3v) is 5.12. The average Bonchev–Trinajstić information content (AvgIpc) is 3.06. The molecule has 4 nitrogen and oxygen atoms in total. The quantitative estimate of drug-likeness (QED) is 0.662. The zero-order valence-corrected chi connectivity index (χ0v) is 15.1. The Morgan fingerprint density at radius 1 is 1.16 bits per heavy atom. The van der Waals surface area contributed by atoms with Crippen LogP contribution < -0.4 is 5.32 Å². The van der Waals surface area contributed by atoms with Crippen LogP contribution in [0.2, 0.25) is 0 Å². The highest BCUT2D eigenvalue weighted by molar-refractivity contribution is 7.18. The summed E-state index contributed by atoms with van der Waals surface area (Å²) in [6.45, 7) is 3.18. The number of nitrogens with one attached hydrogen (secondary N) is 1. The van der Waals surface area contributed by atoms with Crippen molar-refractivity contribution in [3.05, 3.63) is 65.2 Å². The molecule has 3 rings (SSSR count). The number of nitrogens with zero attached hydrogens (tertiary/aromatic N) is 1. The van der Waals surface area contributed by atoms with Gasteiger partial charge in [0.15, 0.2) is 0 Å². The highest BCUT2D eigenvalue weighted by Gasteiger charge is 2.11. The number of hydrogen-bond acceptors (Lipinski definition) is 4. The highest BCUT2D eigenvalue weighted by atomic mass is 32.1. The monoisotopic (exact) mass is 354 g/mol. The molecule has 25 heavy (non-hydrogen) atoms. The van der Waals surface area contributed by atoms with Crippen molar-refractivity contribution in [3.63, 3.8) is 0 Å². The summed E-state index contributed by atoms with van der Waals surface area (Å²) in [4.78, 5) is 16.5. The lowest BCUT2D eigenvalue weighted by atomic mass is 9.96. The zero-order chi connectivity index (χ0) is 17.5. The smallest absolute Gasteiger partial charge is 0.246 e. The van der Waals surface area contributed by atoms with E-state index in [-0.39, 0.29) is 12.5 Å². The van der Waals surface area contributed by atoms with E-state index in [1.807, 2.05) is 42.5 Å². The van der Waals surface area contributed by atoms with Crippen LogP contribution in [0, 0.1) is 0 Å². The van der Waals surface area contributed by atoms with Crippen LogP contribution in [0.15, 0.2) is 54.6 Å². The second-order valence-corrected chi connectivity index (χ2v) is 7.00. The van der Waals surface area contributed by atoms with E-state index in [0.29, 0.717) is 19.1 Å². The number of fused-ring (bicyclic) bond motifs is 1. The summed E-state index contributed by atoms with van der Waals surface area (Å²) in [5.41, 5.74) is 2.23. The molecule has 0 saturated carbocycles. The summed E-state index contributed by atoms with van der Waals surface area (Å²) < 4.78 is 6.66. The maximum atomic E-state index is 12.0. The molecule has 1 N–H and O–H groups in total. The molecule has 0 radical (unpaired) electrons. The summed E-state index contributed by atoms with van der Waals surface area (Å²) in [6, 6.07) is 18.3. The average molecular weight is 354 g/mol. The first kappa shape index (κ1) is 17.6. The van der Waals surface area contributed by atoms with Crippen LogP contribution in [-0.2, 0) is 16.1 Å². The van der Waals surface area contributed by atoms with E-state index in [0.717, 1.165) is 21.6 Å². The number of aromatic nitrogens is 1. The van der Waals surface area contributed by atoms with E-state index in [9.17, 15) is 4.79 Å². The van der Waals surface area contributed by atoms with Gasteiger partial charge in [0.1, 0.15) is 11.6 Å². The van der Waals surface area contributed by atoms with Gasteiger partial charge in [-0.3, -0.25) is 4.79 Å². The van der Waals surface area contributed by atoms with Crippen molar-refractivity contribution in [3.8, 4) is 0 Å². The maximum Gasteiger partial charge on any atom is 0.246 e. The van der Waals surface area contributed by atoms with Gasteiger partial charge in [-0.1, -0.05) is 49.4 Å². The number of thiazole rings is 1. The van der Waals surface area contributed by atoms with Crippen LogP contribution in [0.25, 0.3) is 10.2 Å². The first-order chi connectivity index (χ1) is 12.3. The minimum Gasteiger partial charge on any atom is -0.364 e. The van der Waals surface area contributed by atoms with Crippen molar-refractivity contribution in [2.75, 3.05) is 13.2 Å². The molecule has 130 valence electrons. The Hall–Kier alpha value is -2.24. The molecule has 0 fully saturated rings. The van der Waals surface area contributed by atoms with Crippen LogP contribution in [0.3, 0.4) is 0 Å². The van der Waals surface area contributed by atoms with E-state index < -0.39 is 0 Å². The van der Waals surface area contributed by atoms with Crippen molar-refractivity contribution >= 4 is 27.5 Å². The molecule has 2 aromatic carbocycles. The van der Waals surface area contributed by atoms with Gasteiger partial charge in [0, 0.05) is 12.5 Å². The summed E-state index contributed by atoms with van der Waals surface area (Å²) in [5, 5.41) is 3.86. The molecule has 0 aliphatic rings. The number of rotatable bonds is 8. The maximum absolute atomic E-state index is 12.0. The van der Waals surface area contributed by atoms with E-state index in [4.69, 9.17) is 4.74 Å². The third kappa shape index (κ3) is 4.87. The standard InChI is InChI=1S/C20H22N2O2S/c1-2-15(16-8-4-3-5-9-16)12-21-19(23)13-24-14-20-22-17-10-6-7-11-18(17)25-20/h3-11,15H,2,12-14H2,1H3,(H,21,23). The number of hydrogen-bond donors (Lipinski definition) is 1. The number of ether oxygens (including phenoxy) is 1. The number of carbonyl (C=O) groups excluding carboxylic acids is 1. The van der Waals surface area contributed by atoms with Crippen molar-refractivity contribution in [1.29, 1.82) is 0 Å². The fourth-order valence-corrected chi connectivity index (χ4v) is 3.63. The lowest BCUT2D eigenvalue weighted by Gasteiger charge is -2.16. The molecule has 0 aliphatic heterocycles. The van der Waals surface area contributed by atoms with Gasteiger partial charge >= 0.3 is 0 Å². The van der Waals surface area contributed by atoms with Crippen molar-refractivity contribution in [2.45, 2.75) is 25.9 Å². The molecule has 1 aromatic heterocycles. The lowest BCUT2D eigenvalue weighted by Crippen LogP contribution is -2.31. The molecular weight excluding hydrogens is 332 g/mol. The molecule has 0 aliphatic carbocycles. The van der Waals surface area contributed by atoms with Crippen LogP contribution in [0.4, 0.5) is 0 Å². The minimum atomic E-state index is -0.0875. The van der Waals surface area contributed by atoms with Gasteiger partial charge in [-0.05, 0) is 24.1 Å². The van der Waals surface area contributed by atoms with Gasteiger partial charge < -0.3 is 10.1 Å². The second kappa shape index (κ2) is 8.74. The molecule has 0 bridgehead atoms. The summed E-state index contributed by atoms with van der Waals surface area (Å²) in [6.07, 6.45) is 0.983. The highest BCUT2D eigenvalue weighted by Crippen LogP contribution is 2.22. The Kier molecular flexibility index (Phi) is 6.14. The Balaban J connectivity index is 1.43. The van der Waals surface area contributed by atoms with E-state index in [1.165, 1.54) is 5.56 Å². The molecule has 0 spiro atoms. The normalized spacial score (nSPS) is 12.2. The molecule has 1 atom stereocenters. The summed E-state index contributed by atoms with van der Waals surface area (Å²) in [5.74, 6) is 0.241. The topological polar surface area (TPSA) is 51.2 Å². The first-order valence-corrected chi connectivity index (χ1v) is 9.31. The van der Waals surface area contributed by atoms with Crippen molar-refractivity contribution < 1.29 is 9.53 Å². The van der Waals surface area contributed by atoms with Gasteiger partial charge in [-0.25, -0.2) is 4.98 Å². The Labute approximate surface area is 151 Å². The molecule has 5 heteroatoms. The molecule has 3 aromatic rings. The Bertz CT molecular complexity index is 784. The molecule has 1 heterocycles. The van der Waals surface area contributed by atoms with Crippen LogP contribution in [0.5, 0.6) is 0 Å². The largest absolute Gasteiger partial charge is 0.364 e. The van der Waals surface area contributed by atoms with Gasteiger partial charge in [0.25, 0.3) is 0 Å². The lowest BCUT2D eigenvalue weighted by molar-refractivity contribution is -0.126. The van der Waals surface area contributed by atoms with Gasteiger partial charge in [-0.15, -0.1) is 11.3 Å². The fraction of sp³-hybridized carbons (Fsp3) is 0.300. The summed E-state index contributed by atoms with van der Waals surface area (Å²) >= 11 is 1.60. The number of para-hydroxylation sites is 1.